The molecular formula is C9H17NO3S. The van der Waals surface area contributed by atoms with Gasteiger partial charge < -0.3 is 15.5 Å². The van der Waals surface area contributed by atoms with Crippen molar-refractivity contribution in [1.29, 1.82) is 0 Å². The Labute approximate surface area is 88.4 Å². The summed E-state index contributed by atoms with van der Waals surface area (Å²) in [4.78, 5) is 10.1. The standard InChI is InChI=1S/C9H17NO3S/c11-6-2-7-14-8-5-10-4-1-3-9(12)13/h1,3,10-11H,2,4-8H2,(H,12,13)/b3-1+. The summed E-state index contributed by atoms with van der Waals surface area (Å²) >= 11 is 1.78. The second-order valence-electron chi connectivity index (χ2n) is 2.63. The van der Waals surface area contributed by atoms with Gasteiger partial charge in [0.1, 0.15) is 0 Å². The number of nitrogens with one attached hydrogen (secondary N) is 1. The molecule has 0 aliphatic rings. The molecule has 4 nitrogen and oxygen atoms in total. The van der Waals surface area contributed by atoms with Crippen LogP contribution in [0, 0.1) is 0 Å². The van der Waals surface area contributed by atoms with Gasteiger partial charge in [0.15, 0.2) is 0 Å². The third kappa shape index (κ3) is 11.5. The van der Waals surface area contributed by atoms with Crippen molar-refractivity contribution in [2.24, 2.45) is 0 Å². The molecule has 0 amide bonds. The number of carbonyl (C=O) groups is 1. The van der Waals surface area contributed by atoms with Crippen LogP contribution >= 0.6 is 11.8 Å². The molecule has 3 N–H and O–H groups in total. The molecule has 5 heteroatoms. The first-order chi connectivity index (χ1) is 6.77. The number of rotatable bonds is 9. The van der Waals surface area contributed by atoms with Crippen LogP contribution in [-0.4, -0.2) is 47.4 Å². The lowest BCUT2D eigenvalue weighted by molar-refractivity contribution is -0.131. The molecule has 0 saturated carbocycles. The Morgan fingerprint density at radius 1 is 1.43 bits per heavy atom. The molecule has 82 valence electrons. The summed E-state index contributed by atoms with van der Waals surface area (Å²) < 4.78 is 0. The van der Waals surface area contributed by atoms with Gasteiger partial charge in [-0.25, -0.2) is 4.79 Å². The molecule has 0 rings (SSSR count). The second-order valence-corrected chi connectivity index (χ2v) is 3.86. The molecule has 0 aromatic carbocycles. The molecule has 0 aromatic heterocycles. The fourth-order valence-electron chi connectivity index (χ4n) is 0.758. The third-order valence-electron chi connectivity index (χ3n) is 1.39. The van der Waals surface area contributed by atoms with E-state index in [-0.39, 0.29) is 6.61 Å². The van der Waals surface area contributed by atoms with Crippen LogP contribution in [-0.2, 0) is 4.79 Å². The van der Waals surface area contributed by atoms with E-state index in [1.54, 1.807) is 17.8 Å². The monoisotopic (exact) mass is 219 g/mol. The van der Waals surface area contributed by atoms with Gasteiger partial charge in [-0.05, 0) is 12.2 Å². The van der Waals surface area contributed by atoms with Crippen molar-refractivity contribution >= 4 is 17.7 Å². The molecule has 0 aliphatic carbocycles. The van der Waals surface area contributed by atoms with Gasteiger partial charge in [-0.15, -0.1) is 0 Å². The Balaban J connectivity index is 3.02. The summed E-state index contributed by atoms with van der Waals surface area (Å²) in [5.41, 5.74) is 0. The number of carboxylic acid groups (broad SMARTS) is 1. The smallest absolute Gasteiger partial charge is 0.328 e. The first-order valence-corrected chi connectivity index (χ1v) is 5.71. The summed E-state index contributed by atoms with van der Waals surface area (Å²) in [6, 6.07) is 0. The van der Waals surface area contributed by atoms with Crippen LogP contribution in [0.1, 0.15) is 6.42 Å². The van der Waals surface area contributed by atoms with Crippen molar-refractivity contribution in [1.82, 2.24) is 5.32 Å². The lowest BCUT2D eigenvalue weighted by Crippen LogP contribution is -2.17. The molecule has 0 aliphatic heterocycles. The van der Waals surface area contributed by atoms with E-state index in [0.717, 1.165) is 30.5 Å². The van der Waals surface area contributed by atoms with Crippen molar-refractivity contribution in [2.75, 3.05) is 31.2 Å². The van der Waals surface area contributed by atoms with Crippen molar-refractivity contribution in [3.63, 3.8) is 0 Å². The van der Waals surface area contributed by atoms with Gasteiger partial charge in [0, 0.05) is 31.5 Å². The van der Waals surface area contributed by atoms with Crippen LogP contribution in [0.3, 0.4) is 0 Å². The minimum absolute atomic E-state index is 0.252. The van der Waals surface area contributed by atoms with Crippen molar-refractivity contribution in [3.05, 3.63) is 12.2 Å². The maximum absolute atomic E-state index is 10.1. The largest absolute Gasteiger partial charge is 0.478 e. The quantitative estimate of drug-likeness (QED) is 0.385. The zero-order valence-electron chi connectivity index (χ0n) is 8.11. The van der Waals surface area contributed by atoms with E-state index in [1.807, 2.05) is 0 Å². The SMILES string of the molecule is O=C(O)/C=C/CNCCSCCCO. The molecule has 0 aromatic rings. The van der Waals surface area contributed by atoms with Gasteiger partial charge in [0.2, 0.25) is 0 Å². The van der Waals surface area contributed by atoms with E-state index < -0.39 is 5.97 Å². The first kappa shape index (κ1) is 13.5. The second kappa shape index (κ2) is 10.6. The number of carboxylic acids is 1. The molecule has 0 unspecified atom stereocenters. The van der Waals surface area contributed by atoms with E-state index >= 15 is 0 Å². The molecule has 0 spiro atoms. The molecule has 0 saturated heterocycles. The highest BCUT2D eigenvalue weighted by Crippen LogP contribution is 1.99. The van der Waals surface area contributed by atoms with Crippen LogP contribution in [0.4, 0.5) is 0 Å². The van der Waals surface area contributed by atoms with Crippen LogP contribution in [0.2, 0.25) is 0 Å². The maximum atomic E-state index is 10.1. The summed E-state index contributed by atoms with van der Waals surface area (Å²) in [5.74, 6) is 1.05. The van der Waals surface area contributed by atoms with Crippen molar-refractivity contribution < 1.29 is 15.0 Å². The average Bonchev–Trinajstić information content (AvgIpc) is 2.15. The Morgan fingerprint density at radius 3 is 2.86 bits per heavy atom. The zero-order chi connectivity index (χ0) is 10.6. The zero-order valence-corrected chi connectivity index (χ0v) is 8.92. The first-order valence-electron chi connectivity index (χ1n) is 4.56. The maximum Gasteiger partial charge on any atom is 0.328 e. The van der Waals surface area contributed by atoms with Crippen molar-refractivity contribution in [2.45, 2.75) is 6.42 Å². The third-order valence-corrected chi connectivity index (χ3v) is 2.46. The number of hydrogen-bond acceptors (Lipinski definition) is 4. The molecule has 0 fully saturated rings. The molecule has 0 radical (unpaired) electrons. The molecule has 0 heterocycles. The van der Waals surface area contributed by atoms with Crippen LogP contribution in [0.5, 0.6) is 0 Å². The molecule has 0 atom stereocenters. The van der Waals surface area contributed by atoms with E-state index in [1.165, 1.54) is 0 Å². The molecule has 14 heavy (non-hydrogen) atoms. The van der Waals surface area contributed by atoms with Crippen LogP contribution < -0.4 is 5.32 Å². The van der Waals surface area contributed by atoms with Gasteiger partial charge >= 0.3 is 5.97 Å². The Kier molecular flexibility index (Phi) is 10.2. The Morgan fingerprint density at radius 2 is 2.21 bits per heavy atom. The number of hydrogen-bond donors (Lipinski definition) is 3. The fourth-order valence-corrected chi connectivity index (χ4v) is 1.58. The lowest BCUT2D eigenvalue weighted by Gasteiger charge is -2.00. The predicted molar refractivity (Wildman–Crippen MR) is 58.7 cm³/mol. The minimum atomic E-state index is -0.913. The predicted octanol–water partition coefficient (Wildman–Crippen LogP) is 0.332. The highest BCUT2D eigenvalue weighted by Gasteiger charge is 1.89. The van der Waals surface area contributed by atoms with E-state index in [0.29, 0.717) is 6.54 Å². The van der Waals surface area contributed by atoms with Gasteiger partial charge in [0.05, 0.1) is 0 Å². The number of aliphatic hydroxyl groups is 1. The van der Waals surface area contributed by atoms with Gasteiger partial charge in [0.25, 0.3) is 0 Å². The summed E-state index contributed by atoms with van der Waals surface area (Å²) in [6.45, 7) is 1.70. The summed E-state index contributed by atoms with van der Waals surface area (Å²) in [7, 11) is 0. The lowest BCUT2D eigenvalue weighted by atomic mass is 10.5. The Bertz CT molecular complexity index is 173. The number of aliphatic carboxylic acids is 1. The summed E-state index contributed by atoms with van der Waals surface area (Å²) in [5, 5.41) is 19.9. The molecule has 0 bridgehead atoms. The topological polar surface area (TPSA) is 69.6 Å². The Hall–Kier alpha value is -0.520. The van der Waals surface area contributed by atoms with Gasteiger partial charge in [-0.3, -0.25) is 0 Å². The highest BCUT2D eigenvalue weighted by molar-refractivity contribution is 7.99. The van der Waals surface area contributed by atoms with Crippen LogP contribution in [0.25, 0.3) is 0 Å². The van der Waals surface area contributed by atoms with Gasteiger partial charge in [-0.2, -0.15) is 11.8 Å². The highest BCUT2D eigenvalue weighted by atomic mass is 32.2. The normalized spacial score (nSPS) is 10.9. The van der Waals surface area contributed by atoms with E-state index in [2.05, 4.69) is 5.32 Å². The van der Waals surface area contributed by atoms with E-state index in [4.69, 9.17) is 10.2 Å². The van der Waals surface area contributed by atoms with E-state index in [9.17, 15) is 4.79 Å². The fraction of sp³-hybridized carbons (Fsp3) is 0.667. The van der Waals surface area contributed by atoms with Crippen molar-refractivity contribution in [3.8, 4) is 0 Å². The molecular weight excluding hydrogens is 202 g/mol. The number of aliphatic hydroxyl groups excluding tert-OH is 1. The van der Waals surface area contributed by atoms with Crippen LogP contribution in [0.15, 0.2) is 12.2 Å². The summed E-state index contributed by atoms with van der Waals surface area (Å²) in [6.07, 6.45) is 3.55. The van der Waals surface area contributed by atoms with Gasteiger partial charge in [-0.1, -0.05) is 6.08 Å². The average molecular weight is 219 g/mol. The minimum Gasteiger partial charge on any atom is -0.478 e. The number of thioether (sulfide) groups is 1.